The molecule has 2 aromatic rings. The molecule has 1 N–H and O–H groups in total. The van der Waals surface area contributed by atoms with Crippen LogP contribution in [-0.4, -0.2) is 46.9 Å². The van der Waals surface area contributed by atoms with E-state index >= 15 is 0 Å². The summed E-state index contributed by atoms with van der Waals surface area (Å²) in [5.74, 6) is 0. The first-order valence-electron chi connectivity index (χ1n) is 13.5. The normalized spacial score (nSPS) is 14.3. The summed E-state index contributed by atoms with van der Waals surface area (Å²) >= 11 is -3.04. The summed E-state index contributed by atoms with van der Waals surface area (Å²) < 4.78 is 34.1. The fourth-order valence-electron chi connectivity index (χ4n) is 5.34. The minimum absolute atomic E-state index is 0.0439. The molecule has 0 aliphatic carbocycles. The molecule has 35 heavy (non-hydrogen) atoms. The second kappa shape index (κ2) is 14.7. The second-order valence-electron chi connectivity index (χ2n) is 10.1. The van der Waals surface area contributed by atoms with Gasteiger partial charge in [-0.3, -0.25) is 0 Å². The molecule has 0 unspecified atom stereocenters. The van der Waals surface area contributed by atoms with Crippen LogP contribution in [-0.2, 0) is 10.0 Å². The van der Waals surface area contributed by atoms with Crippen molar-refractivity contribution < 1.29 is 13.5 Å². The van der Waals surface area contributed by atoms with Crippen molar-refractivity contribution in [3.05, 3.63) is 65.7 Å². The minimum atomic E-state index is -3.81. The van der Waals surface area contributed by atoms with Crippen molar-refractivity contribution in [3.8, 4) is 0 Å². The molecule has 0 aliphatic rings. The van der Waals surface area contributed by atoms with E-state index in [1.165, 1.54) is 32.6 Å². The number of nitrogens with zero attached hydrogens (tertiary/aromatic N) is 1. The first-order chi connectivity index (χ1) is 16.8. The van der Waals surface area contributed by atoms with Gasteiger partial charge in [0.15, 0.2) is 0 Å². The van der Waals surface area contributed by atoms with Gasteiger partial charge in [0, 0.05) is 0 Å². The molecule has 0 aliphatic heterocycles. The molecule has 4 nitrogen and oxygen atoms in total. The number of unbranched alkanes of at least 4 members (excludes halogenated alkanes) is 3. The van der Waals surface area contributed by atoms with Crippen LogP contribution in [0, 0.1) is 6.92 Å². The van der Waals surface area contributed by atoms with Crippen molar-refractivity contribution in [1.29, 1.82) is 0 Å². The van der Waals surface area contributed by atoms with Gasteiger partial charge in [0.1, 0.15) is 0 Å². The Bertz CT molecular complexity index is 941. The van der Waals surface area contributed by atoms with Crippen LogP contribution >= 0.6 is 0 Å². The van der Waals surface area contributed by atoms with E-state index in [1.54, 1.807) is 16.4 Å². The molecule has 0 saturated heterocycles. The molecule has 2 rings (SSSR count). The maximum atomic E-state index is 14.4. The molecule has 0 radical (unpaired) electrons. The predicted octanol–water partition coefficient (Wildman–Crippen LogP) is 7.50. The van der Waals surface area contributed by atoms with E-state index in [1.807, 2.05) is 49.4 Å². The van der Waals surface area contributed by atoms with Crippen LogP contribution in [0.4, 0.5) is 0 Å². The Labute approximate surface area is 219 Å². The molecule has 2 atom stereocenters. The molecule has 0 saturated carbocycles. The first-order valence-corrected chi connectivity index (χ1v) is 22.7. The van der Waals surface area contributed by atoms with Crippen LogP contribution < -0.4 is 0 Å². The third-order valence-electron chi connectivity index (χ3n) is 7.61. The van der Waals surface area contributed by atoms with Crippen LogP contribution in [0.3, 0.4) is 0 Å². The zero-order chi connectivity index (χ0) is 25.9. The molecule has 0 spiro atoms. The van der Waals surface area contributed by atoms with Crippen molar-refractivity contribution in [3.63, 3.8) is 0 Å². The number of hydrogen-bond acceptors (Lipinski definition) is 3. The summed E-state index contributed by atoms with van der Waals surface area (Å²) in [6, 6.07) is 16.3. The molecule has 0 heterocycles. The quantitative estimate of drug-likeness (QED) is 0.201. The Morgan fingerprint density at radius 3 is 1.74 bits per heavy atom. The van der Waals surface area contributed by atoms with Gasteiger partial charge in [0.05, 0.1) is 0 Å². The fourth-order valence-corrected chi connectivity index (χ4v) is 26.5. The number of rotatable bonds is 16. The van der Waals surface area contributed by atoms with E-state index in [0.29, 0.717) is 4.90 Å². The van der Waals surface area contributed by atoms with Crippen LogP contribution in [0.25, 0.3) is 0 Å². The van der Waals surface area contributed by atoms with Gasteiger partial charge in [-0.15, -0.1) is 0 Å². The Balaban J connectivity index is 2.72. The monoisotopic (exact) mass is 609 g/mol. The number of aliphatic hydroxyl groups is 1. The summed E-state index contributed by atoms with van der Waals surface area (Å²) in [4.78, 5) is 0.325. The van der Waals surface area contributed by atoms with Crippen molar-refractivity contribution in [2.75, 3.05) is 6.61 Å². The van der Waals surface area contributed by atoms with E-state index in [4.69, 9.17) is 0 Å². The third kappa shape index (κ3) is 7.80. The van der Waals surface area contributed by atoms with Gasteiger partial charge in [-0.1, -0.05) is 0 Å². The molecule has 0 amide bonds. The van der Waals surface area contributed by atoms with Crippen LogP contribution in [0.1, 0.15) is 83.4 Å². The average molecular weight is 608 g/mol. The van der Waals surface area contributed by atoms with E-state index in [2.05, 4.69) is 27.7 Å². The van der Waals surface area contributed by atoms with Crippen molar-refractivity contribution in [1.82, 2.24) is 4.31 Å². The molecule has 0 bridgehead atoms. The van der Waals surface area contributed by atoms with Gasteiger partial charge in [0.2, 0.25) is 0 Å². The summed E-state index contributed by atoms with van der Waals surface area (Å²) in [5.41, 5.74) is 1.90. The summed E-state index contributed by atoms with van der Waals surface area (Å²) in [6.07, 6.45) is 6.91. The SMILES string of the molecule is CCC[CH2][Sn]([CH2]CCC)([CH2]CCC)[C@H](C)N([C@@H](CO)c1ccccc1)S(=O)(=O)c1ccc(C)cc1. The number of benzene rings is 2. The number of aryl methyl sites for hydroxylation is 1. The van der Waals surface area contributed by atoms with Gasteiger partial charge < -0.3 is 0 Å². The molecular weight excluding hydrogens is 561 g/mol. The molecule has 0 aromatic heterocycles. The summed E-state index contributed by atoms with van der Waals surface area (Å²) in [7, 11) is -3.81. The average Bonchev–Trinajstić information content (AvgIpc) is 2.87. The van der Waals surface area contributed by atoms with Gasteiger partial charge in [-0.25, -0.2) is 0 Å². The van der Waals surface area contributed by atoms with Gasteiger partial charge in [-0.2, -0.15) is 0 Å². The summed E-state index contributed by atoms with van der Waals surface area (Å²) in [5, 5.41) is 10.7. The molecule has 196 valence electrons. The molecule has 2 aromatic carbocycles. The van der Waals surface area contributed by atoms with E-state index in [0.717, 1.165) is 30.4 Å². The van der Waals surface area contributed by atoms with Crippen LogP contribution in [0.15, 0.2) is 59.5 Å². The van der Waals surface area contributed by atoms with Gasteiger partial charge in [0.25, 0.3) is 0 Å². The van der Waals surface area contributed by atoms with Gasteiger partial charge in [-0.05, 0) is 0 Å². The number of sulfonamides is 1. The number of hydrogen-bond donors (Lipinski definition) is 1. The zero-order valence-corrected chi connectivity index (χ0v) is 26.2. The van der Waals surface area contributed by atoms with Gasteiger partial charge >= 0.3 is 220 Å². The van der Waals surface area contributed by atoms with Crippen molar-refractivity contribution in [2.45, 2.75) is 101 Å². The maximum absolute atomic E-state index is 14.4. The topological polar surface area (TPSA) is 57.6 Å². The zero-order valence-electron chi connectivity index (χ0n) is 22.5. The fraction of sp³-hybridized carbons (Fsp3) is 0.586. The Morgan fingerprint density at radius 1 is 0.829 bits per heavy atom. The second-order valence-corrected chi connectivity index (χ2v) is 26.4. The van der Waals surface area contributed by atoms with E-state index < -0.39 is 34.4 Å². The molecule has 0 fully saturated rings. The van der Waals surface area contributed by atoms with Crippen LogP contribution in [0.5, 0.6) is 0 Å². The van der Waals surface area contributed by atoms with E-state index in [-0.39, 0.29) is 10.7 Å². The Kier molecular flexibility index (Phi) is 12.8. The Morgan fingerprint density at radius 2 is 1.31 bits per heavy atom. The first kappa shape index (κ1) is 30.3. The Hall–Kier alpha value is -0.891. The van der Waals surface area contributed by atoms with Crippen LogP contribution in [0.2, 0.25) is 13.3 Å². The molecule has 6 heteroatoms. The summed E-state index contributed by atoms with van der Waals surface area (Å²) in [6.45, 7) is 10.6. The third-order valence-corrected chi connectivity index (χ3v) is 27.5. The molecular formula is C29H47NO3SSn. The van der Waals surface area contributed by atoms with Crippen molar-refractivity contribution >= 4 is 28.4 Å². The predicted molar refractivity (Wildman–Crippen MR) is 151 cm³/mol. The standard InChI is InChI=1S/C17H20NO3S.3C4H9.Sn/c1-3-18(17(13-19)15-7-5-4-6-8-15)22(20,21)16-11-9-14(2)10-12-16;3*1-3-4-2;/h3-12,17,19H,13H2,1-2H3;3*1,3-4H2,2H3;/t17-;;;;/m0..../s1. The van der Waals surface area contributed by atoms with E-state index in [9.17, 15) is 13.5 Å². The van der Waals surface area contributed by atoms with Crippen molar-refractivity contribution in [2.24, 2.45) is 0 Å². The number of aliphatic hydroxyl groups excluding tert-OH is 1.